The molecule has 0 saturated carbocycles. The first kappa shape index (κ1) is 23.1. The highest BCUT2D eigenvalue weighted by Crippen LogP contribution is 2.48. The third-order valence-electron chi connectivity index (χ3n) is 8.93. The molecule has 200 valence electrons. The van der Waals surface area contributed by atoms with Gasteiger partial charge in [0.25, 0.3) is 0 Å². The van der Waals surface area contributed by atoms with Crippen LogP contribution in [0.1, 0.15) is 0 Å². The third kappa shape index (κ3) is 3.16. The Bertz CT molecular complexity index is 2690. The average molecular weight is 566 g/mol. The Morgan fingerprint density at radius 3 is 2.02 bits per heavy atom. The Labute approximate surface area is 250 Å². The van der Waals surface area contributed by atoms with Crippen molar-refractivity contribution in [2.75, 3.05) is 0 Å². The molecule has 3 nitrogen and oxygen atoms in total. The summed E-state index contributed by atoms with van der Waals surface area (Å²) in [6, 6.07) is 46.2. The SMILES string of the molecule is c1ccc2c(c1)c1ccccc1c1c2sc2ccc3c(c4ccccc4n3-c3ccc(-c4cn5ccccc5n4)cc3)c21. The number of benzene rings is 6. The third-order valence-corrected chi connectivity index (χ3v) is 10.1. The molecule has 10 aromatic rings. The normalized spacial score (nSPS) is 12.2. The molecule has 0 aliphatic carbocycles. The van der Waals surface area contributed by atoms with Gasteiger partial charge in [0, 0.05) is 60.0 Å². The largest absolute Gasteiger partial charge is 0.309 e. The summed E-state index contributed by atoms with van der Waals surface area (Å²) in [4.78, 5) is 4.84. The van der Waals surface area contributed by atoms with Crippen molar-refractivity contribution in [3.8, 4) is 16.9 Å². The van der Waals surface area contributed by atoms with E-state index in [-0.39, 0.29) is 0 Å². The van der Waals surface area contributed by atoms with Gasteiger partial charge in [-0.2, -0.15) is 0 Å². The van der Waals surface area contributed by atoms with E-state index in [2.05, 4.69) is 124 Å². The predicted octanol–water partition coefficient (Wildman–Crippen LogP) is 10.8. The van der Waals surface area contributed by atoms with E-state index < -0.39 is 0 Å². The fraction of sp³-hybridized carbons (Fsp3) is 0. The molecule has 4 heterocycles. The quantitative estimate of drug-likeness (QED) is 0.191. The molecule has 0 aliphatic heterocycles. The Morgan fingerprint density at radius 1 is 0.512 bits per heavy atom. The highest BCUT2D eigenvalue weighted by Gasteiger charge is 2.20. The molecule has 4 aromatic heterocycles. The summed E-state index contributed by atoms with van der Waals surface area (Å²) in [6.45, 7) is 0. The number of para-hydroxylation sites is 1. The summed E-state index contributed by atoms with van der Waals surface area (Å²) in [5.74, 6) is 0. The van der Waals surface area contributed by atoms with Crippen LogP contribution >= 0.6 is 11.3 Å². The highest BCUT2D eigenvalue weighted by atomic mass is 32.1. The van der Waals surface area contributed by atoms with Crippen LogP contribution in [-0.2, 0) is 0 Å². The molecule has 0 radical (unpaired) electrons. The molecule has 0 N–H and O–H groups in total. The number of thiophene rings is 1. The zero-order chi connectivity index (χ0) is 28.1. The number of fused-ring (bicyclic) bond motifs is 13. The summed E-state index contributed by atoms with van der Waals surface area (Å²) < 4.78 is 7.18. The zero-order valence-electron chi connectivity index (χ0n) is 23.0. The second-order valence-corrected chi connectivity index (χ2v) is 12.3. The van der Waals surface area contributed by atoms with E-state index >= 15 is 0 Å². The summed E-state index contributed by atoms with van der Waals surface area (Å²) in [7, 11) is 0. The van der Waals surface area contributed by atoms with Gasteiger partial charge in [-0.25, -0.2) is 4.98 Å². The summed E-state index contributed by atoms with van der Waals surface area (Å²) in [5.41, 5.74) is 6.63. The van der Waals surface area contributed by atoms with Gasteiger partial charge < -0.3 is 8.97 Å². The summed E-state index contributed by atoms with van der Waals surface area (Å²) in [6.07, 6.45) is 4.14. The molecule has 0 atom stereocenters. The van der Waals surface area contributed by atoms with E-state index in [4.69, 9.17) is 4.98 Å². The molecule has 0 fully saturated rings. The predicted molar refractivity (Wildman–Crippen MR) is 183 cm³/mol. The van der Waals surface area contributed by atoms with Gasteiger partial charge in [0.2, 0.25) is 0 Å². The number of hydrogen-bond acceptors (Lipinski definition) is 2. The van der Waals surface area contributed by atoms with Gasteiger partial charge in [0.15, 0.2) is 0 Å². The minimum Gasteiger partial charge on any atom is -0.309 e. The van der Waals surface area contributed by atoms with Gasteiger partial charge in [0.1, 0.15) is 5.65 Å². The van der Waals surface area contributed by atoms with Crippen molar-refractivity contribution < 1.29 is 0 Å². The smallest absolute Gasteiger partial charge is 0.137 e. The van der Waals surface area contributed by atoms with Crippen LogP contribution in [0.5, 0.6) is 0 Å². The summed E-state index contributed by atoms with van der Waals surface area (Å²) in [5, 5.41) is 10.6. The van der Waals surface area contributed by atoms with Crippen molar-refractivity contribution in [1.82, 2.24) is 14.0 Å². The van der Waals surface area contributed by atoms with Crippen LogP contribution in [0, 0.1) is 0 Å². The number of pyridine rings is 1. The first-order valence-electron chi connectivity index (χ1n) is 14.6. The number of imidazole rings is 1. The number of aromatic nitrogens is 3. The van der Waals surface area contributed by atoms with Gasteiger partial charge in [0.05, 0.1) is 16.7 Å². The van der Waals surface area contributed by atoms with Gasteiger partial charge in [-0.05, 0) is 58.6 Å². The fourth-order valence-electron chi connectivity index (χ4n) is 7.08. The molecule has 10 rings (SSSR count). The molecule has 6 aromatic carbocycles. The minimum absolute atomic E-state index is 0.955. The molecule has 0 saturated heterocycles. The Kier molecular flexibility index (Phi) is 4.60. The van der Waals surface area contributed by atoms with Crippen LogP contribution in [0.15, 0.2) is 140 Å². The lowest BCUT2D eigenvalue weighted by atomic mass is 9.96. The van der Waals surface area contributed by atoms with E-state index in [0.717, 1.165) is 22.6 Å². The van der Waals surface area contributed by atoms with Crippen LogP contribution in [0.3, 0.4) is 0 Å². The van der Waals surface area contributed by atoms with Crippen molar-refractivity contribution in [2.24, 2.45) is 0 Å². The van der Waals surface area contributed by atoms with Gasteiger partial charge in [-0.15, -0.1) is 11.3 Å². The van der Waals surface area contributed by atoms with E-state index in [1.165, 1.54) is 63.5 Å². The van der Waals surface area contributed by atoms with Gasteiger partial charge >= 0.3 is 0 Å². The Hall–Kier alpha value is -5.45. The number of rotatable bonds is 2. The van der Waals surface area contributed by atoms with E-state index in [1.54, 1.807) is 0 Å². The molecule has 0 unspecified atom stereocenters. The van der Waals surface area contributed by atoms with Gasteiger partial charge in [-0.3, -0.25) is 0 Å². The van der Waals surface area contributed by atoms with Crippen molar-refractivity contribution in [2.45, 2.75) is 0 Å². The first-order valence-corrected chi connectivity index (χ1v) is 15.4. The lowest BCUT2D eigenvalue weighted by molar-refractivity contribution is 1.18. The molecular formula is C39H23N3S. The number of nitrogens with zero attached hydrogens (tertiary/aromatic N) is 3. The molecule has 0 bridgehead atoms. The highest BCUT2D eigenvalue weighted by molar-refractivity contribution is 7.27. The van der Waals surface area contributed by atoms with Crippen LogP contribution < -0.4 is 0 Å². The monoisotopic (exact) mass is 565 g/mol. The van der Waals surface area contributed by atoms with Crippen LogP contribution in [0.4, 0.5) is 0 Å². The van der Waals surface area contributed by atoms with Crippen molar-refractivity contribution in [3.63, 3.8) is 0 Å². The van der Waals surface area contributed by atoms with E-state index in [0.29, 0.717) is 0 Å². The van der Waals surface area contributed by atoms with Crippen LogP contribution in [0.2, 0.25) is 0 Å². The van der Waals surface area contributed by atoms with Crippen LogP contribution in [0.25, 0.3) is 86.1 Å². The minimum atomic E-state index is 0.955. The average Bonchev–Trinajstić information content (AvgIpc) is 3.77. The molecule has 0 amide bonds. The topological polar surface area (TPSA) is 22.2 Å². The first-order chi connectivity index (χ1) is 21.3. The lowest BCUT2D eigenvalue weighted by Crippen LogP contribution is -1.93. The maximum atomic E-state index is 4.84. The van der Waals surface area contributed by atoms with Crippen molar-refractivity contribution in [1.29, 1.82) is 0 Å². The number of hydrogen-bond donors (Lipinski definition) is 0. The molecule has 0 spiro atoms. The Morgan fingerprint density at radius 2 is 1.21 bits per heavy atom. The molecule has 4 heteroatoms. The van der Waals surface area contributed by atoms with E-state index in [1.807, 2.05) is 35.7 Å². The van der Waals surface area contributed by atoms with Crippen LogP contribution in [-0.4, -0.2) is 14.0 Å². The summed E-state index contributed by atoms with van der Waals surface area (Å²) >= 11 is 1.92. The fourth-order valence-corrected chi connectivity index (χ4v) is 8.35. The molecular weight excluding hydrogens is 543 g/mol. The molecule has 43 heavy (non-hydrogen) atoms. The van der Waals surface area contributed by atoms with E-state index in [9.17, 15) is 0 Å². The zero-order valence-corrected chi connectivity index (χ0v) is 23.8. The van der Waals surface area contributed by atoms with Crippen molar-refractivity contribution in [3.05, 3.63) is 140 Å². The maximum Gasteiger partial charge on any atom is 0.137 e. The second-order valence-electron chi connectivity index (χ2n) is 11.2. The standard InChI is InChI=1S/C39H23N3S/c1-3-11-28-26(9-1)27-10-2-4-12-29(27)39-37(28)38-34(43-39)21-20-33-36(38)30-13-5-6-14-32(30)42(33)25-18-16-24(17-19-25)31-23-41-22-8-7-15-35(41)40-31/h1-23H. The Balaban J connectivity index is 1.28. The van der Waals surface area contributed by atoms with Crippen molar-refractivity contribution >= 4 is 80.5 Å². The maximum absolute atomic E-state index is 4.84. The lowest BCUT2D eigenvalue weighted by Gasteiger charge is -2.09. The molecule has 0 aliphatic rings. The van der Waals surface area contributed by atoms with Gasteiger partial charge in [-0.1, -0.05) is 84.9 Å². The second kappa shape index (κ2) is 8.54.